The Morgan fingerprint density at radius 1 is 1.52 bits per heavy atom. The molecule has 2 atom stereocenters. The zero-order chi connectivity index (χ0) is 15.6. The van der Waals surface area contributed by atoms with Gasteiger partial charge in [-0.05, 0) is 26.7 Å². The van der Waals surface area contributed by atoms with Gasteiger partial charge in [-0.3, -0.25) is 14.3 Å². The Bertz CT molecular complexity index is 524. The molecule has 1 fully saturated rings. The van der Waals surface area contributed by atoms with Gasteiger partial charge in [0.05, 0.1) is 18.2 Å². The molecule has 0 radical (unpaired) electrons. The Labute approximate surface area is 124 Å². The first kappa shape index (κ1) is 15.5. The first-order valence-electron chi connectivity index (χ1n) is 7.52. The summed E-state index contributed by atoms with van der Waals surface area (Å²) >= 11 is 0. The number of carboxylic acids is 1. The second-order valence-corrected chi connectivity index (χ2v) is 5.86. The van der Waals surface area contributed by atoms with Crippen LogP contribution in [0.25, 0.3) is 0 Å². The molecule has 1 aliphatic rings. The molecule has 0 aliphatic carbocycles. The predicted octanol–water partition coefficient (Wildman–Crippen LogP) is 2.07. The van der Waals surface area contributed by atoms with E-state index in [9.17, 15) is 14.7 Å². The molecule has 6 nitrogen and oxygen atoms in total. The highest BCUT2D eigenvalue weighted by Crippen LogP contribution is 2.38. The van der Waals surface area contributed by atoms with Gasteiger partial charge < -0.3 is 10.0 Å². The highest BCUT2D eigenvalue weighted by atomic mass is 16.4. The first-order valence-corrected chi connectivity index (χ1v) is 7.52. The van der Waals surface area contributed by atoms with Gasteiger partial charge in [0.2, 0.25) is 5.91 Å². The number of aliphatic carboxylic acids is 1. The molecule has 21 heavy (non-hydrogen) atoms. The maximum atomic E-state index is 12.2. The van der Waals surface area contributed by atoms with Gasteiger partial charge >= 0.3 is 5.97 Å². The number of amides is 1. The first-order chi connectivity index (χ1) is 9.95. The topological polar surface area (TPSA) is 75.4 Å². The molecule has 1 N–H and O–H groups in total. The monoisotopic (exact) mass is 293 g/mol. The van der Waals surface area contributed by atoms with E-state index in [1.165, 1.54) is 0 Å². The number of hydrogen-bond donors (Lipinski definition) is 1. The predicted molar refractivity (Wildman–Crippen MR) is 77.6 cm³/mol. The van der Waals surface area contributed by atoms with E-state index in [0.717, 1.165) is 18.5 Å². The molecule has 116 valence electrons. The van der Waals surface area contributed by atoms with Gasteiger partial charge in [-0.25, -0.2) is 0 Å². The average molecular weight is 293 g/mol. The second-order valence-electron chi connectivity index (χ2n) is 5.86. The van der Waals surface area contributed by atoms with Gasteiger partial charge in [-0.2, -0.15) is 5.10 Å². The molecule has 1 aromatic heterocycles. The van der Waals surface area contributed by atoms with Gasteiger partial charge in [0.25, 0.3) is 0 Å². The third-order valence-electron chi connectivity index (χ3n) is 3.96. The number of carbonyl (C=O) groups is 2. The third-order valence-corrected chi connectivity index (χ3v) is 3.96. The summed E-state index contributed by atoms with van der Waals surface area (Å²) < 4.78 is 1.81. The highest BCUT2D eigenvalue weighted by Gasteiger charge is 2.42. The largest absolute Gasteiger partial charge is 0.481 e. The number of aromatic nitrogens is 2. The molecule has 2 unspecified atom stereocenters. The summed E-state index contributed by atoms with van der Waals surface area (Å²) in [5.41, 5.74) is 0.817. The van der Waals surface area contributed by atoms with Crippen LogP contribution in [0, 0.1) is 5.92 Å². The van der Waals surface area contributed by atoms with Crippen molar-refractivity contribution in [2.45, 2.75) is 58.7 Å². The lowest BCUT2D eigenvalue weighted by Crippen LogP contribution is -2.48. The summed E-state index contributed by atoms with van der Waals surface area (Å²) in [7, 11) is 0. The molecular formula is C15H23N3O3. The minimum absolute atomic E-state index is 0.0238. The van der Waals surface area contributed by atoms with E-state index in [4.69, 9.17) is 0 Å². The summed E-state index contributed by atoms with van der Waals surface area (Å²) in [6.45, 7) is 6.70. The Kier molecular flexibility index (Phi) is 4.65. The number of piperidine rings is 1. The Morgan fingerprint density at radius 3 is 2.81 bits per heavy atom. The minimum atomic E-state index is -0.846. The van der Waals surface area contributed by atoms with E-state index in [-0.39, 0.29) is 11.9 Å². The van der Waals surface area contributed by atoms with Crippen LogP contribution in [0.15, 0.2) is 12.4 Å². The quantitative estimate of drug-likeness (QED) is 0.901. The summed E-state index contributed by atoms with van der Waals surface area (Å²) in [6.07, 6.45) is 5.22. The van der Waals surface area contributed by atoms with Crippen LogP contribution in [-0.2, 0) is 16.1 Å². The third kappa shape index (κ3) is 3.09. The van der Waals surface area contributed by atoms with Crippen LogP contribution in [0.5, 0.6) is 0 Å². The molecule has 0 spiro atoms. The number of nitrogens with zero attached hydrogens (tertiary/aromatic N) is 3. The van der Waals surface area contributed by atoms with Crippen LogP contribution in [0.2, 0.25) is 0 Å². The fourth-order valence-electron chi connectivity index (χ4n) is 3.06. The molecule has 2 rings (SSSR count). The van der Waals surface area contributed by atoms with Crippen LogP contribution in [0.4, 0.5) is 0 Å². The summed E-state index contributed by atoms with van der Waals surface area (Å²) in [5, 5.41) is 13.8. The van der Waals surface area contributed by atoms with Crippen molar-refractivity contribution in [1.82, 2.24) is 14.7 Å². The van der Waals surface area contributed by atoms with E-state index >= 15 is 0 Å². The van der Waals surface area contributed by atoms with Gasteiger partial charge in [0.1, 0.15) is 0 Å². The van der Waals surface area contributed by atoms with Crippen molar-refractivity contribution in [2.24, 2.45) is 5.92 Å². The minimum Gasteiger partial charge on any atom is -0.481 e. The number of rotatable bonds is 5. The molecule has 0 aromatic carbocycles. The molecule has 2 heterocycles. The lowest BCUT2D eigenvalue weighted by atomic mass is 9.84. The van der Waals surface area contributed by atoms with Crippen molar-refractivity contribution >= 4 is 11.9 Å². The summed E-state index contributed by atoms with van der Waals surface area (Å²) in [5.74, 6) is -1.39. The number of carbonyl (C=O) groups excluding carboxylic acids is 1. The van der Waals surface area contributed by atoms with Gasteiger partial charge in [-0.15, -0.1) is 0 Å². The smallest absolute Gasteiger partial charge is 0.308 e. The van der Waals surface area contributed by atoms with Crippen molar-refractivity contribution in [2.75, 3.05) is 0 Å². The molecule has 0 saturated carbocycles. The Morgan fingerprint density at radius 2 is 2.24 bits per heavy atom. The maximum Gasteiger partial charge on any atom is 0.308 e. The zero-order valence-corrected chi connectivity index (χ0v) is 12.8. The number of hydrogen-bond acceptors (Lipinski definition) is 3. The van der Waals surface area contributed by atoms with Crippen LogP contribution in [0.1, 0.15) is 51.6 Å². The standard InChI is InChI=1S/C15H23N3O3/c1-4-7-17-9-11(8-16-17)14-12(15(20)21)5-6-13(19)18(14)10(2)3/h8-10,12,14H,4-7H2,1-3H3,(H,20,21). The lowest BCUT2D eigenvalue weighted by Gasteiger charge is -2.41. The van der Waals surface area contributed by atoms with Gasteiger partial charge in [-0.1, -0.05) is 6.92 Å². The number of carboxylic acid groups (broad SMARTS) is 1. The Hall–Kier alpha value is -1.85. The van der Waals surface area contributed by atoms with Crippen molar-refractivity contribution in [3.05, 3.63) is 18.0 Å². The van der Waals surface area contributed by atoms with E-state index in [2.05, 4.69) is 12.0 Å². The Balaban J connectivity index is 2.38. The van der Waals surface area contributed by atoms with Gasteiger partial charge in [0, 0.05) is 30.8 Å². The SMILES string of the molecule is CCCn1cc(C2C(C(=O)O)CCC(=O)N2C(C)C)cn1. The van der Waals surface area contributed by atoms with E-state index in [1.807, 2.05) is 24.7 Å². The maximum absolute atomic E-state index is 12.2. The van der Waals surface area contributed by atoms with Crippen LogP contribution in [0.3, 0.4) is 0 Å². The number of likely N-dealkylation sites (tertiary alicyclic amines) is 1. The molecule has 6 heteroatoms. The highest BCUT2D eigenvalue weighted by molar-refractivity contribution is 5.82. The normalized spacial score (nSPS) is 22.9. The van der Waals surface area contributed by atoms with E-state index < -0.39 is 17.9 Å². The fourth-order valence-corrected chi connectivity index (χ4v) is 3.06. The summed E-state index contributed by atoms with van der Waals surface area (Å²) in [6, 6.07) is -0.450. The van der Waals surface area contributed by atoms with Crippen molar-refractivity contribution in [3.8, 4) is 0 Å². The van der Waals surface area contributed by atoms with E-state index in [0.29, 0.717) is 12.8 Å². The molecule has 1 aromatic rings. The average Bonchev–Trinajstić information content (AvgIpc) is 2.86. The van der Waals surface area contributed by atoms with Crippen molar-refractivity contribution < 1.29 is 14.7 Å². The fraction of sp³-hybridized carbons (Fsp3) is 0.667. The molecule has 1 amide bonds. The lowest BCUT2D eigenvalue weighted by molar-refractivity contribution is -0.153. The molecule has 1 saturated heterocycles. The number of aryl methyl sites for hydroxylation is 1. The van der Waals surface area contributed by atoms with Crippen LogP contribution in [-0.4, -0.2) is 37.7 Å². The van der Waals surface area contributed by atoms with Crippen molar-refractivity contribution in [1.29, 1.82) is 0 Å². The van der Waals surface area contributed by atoms with Crippen molar-refractivity contribution in [3.63, 3.8) is 0 Å². The second kappa shape index (κ2) is 6.28. The molecule has 0 bridgehead atoms. The molecular weight excluding hydrogens is 270 g/mol. The van der Waals surface area contributed by atoms with Gasteiger partial charge in [0.15, 0.2) is 0 Å². The van der Waals surface area contributed by atoms with Crippen LogP contribution >= 0.6 is 0 Å². The molecule has 1 aliphatic heterocycles. The van der Waals surface area contributed by atoms with E-state index in [1.54, 1.807) is 11.1 Å². The van der Waals surface area contributed by atoms with Crippen LogP contribution < -0.4 is 0 Å². The summed E-state index contributed by atoms with van der Waals surface area (Å²) in [4.78, 5) is 25.5. The zero-order valence-electron chi connectivity index (χ0n) is 12.8.